The Morgan fingerprint density at radius 1 is 1.24 bits per heavy atom. The maximum atomic E-state index is 4.47. The van der Waals surface area contributed by atoms with Crippen LogP contribution in [0.2, 0.25) is 0 Å². The second kappa shape index (κ2) is 7.08. The van der Waals surface area contributed by atoms with E-state index in [-0.39, 0.29) is 0 Å². The van der Waals surface area contributed by atoms with Crippen LogP contribution < -0.4 is 0 Å². The van der Waals surface area contributed by atoms with Crippen LogP contribution >= 0.6 is 0 Å². The van der Waals surface area contributed by atoms with Gasteiger partial charge < -0.3 is 4.90 Å². The molecule has 0 atom stereocenters. The van der Waals surface area contributed by atoms with Crippen molar-refractivity contribution in [3.63, 3.8) is 0 Å². The average Bonchev–Trinajstić information content (AvgIpc) is 2.93. The summed E-state index contributed by atoms with van der Waals surface area (Å²) >= 11 is 0. The first-order valence-corrected chi connectivity index (χ1v) is 8.51. The van der Waals surface area contributed by atoms with Gasteiger partial charge in [0, 0.05) is 5.39 Å². The summed E-state index contributed by atoms with van der Waals surface area (Å²) in [6, 6.07) is 8.43. The molecule has 21 heavy (non-hydrogen) atoms. The quantitative estimate of drug-likeness (QED) is 0.869. The summed E-state index contributed by atoms with van der Waals surface area (Å²) in [4.78, 5) is 2.64. The number of hydrogen-bond acceptors (Lipinski definition) is 2. The van der Waals surface area contributed by atoms with Crippen LogP contribution in [0, 0.1) is 5.92 Å². The molecule has 1 aromatic heterocycles. The minimum atomic E-state index is 0.988. The van der Waals surface area contributed by atoms with Crippen LogP contribution in [0.15, 0.2) is 24.3 Å². The molecule has 0 unspecified atom stereocenters. The molecule has 1 saturated heterocycles. The van der Waals surface area contributed by atoms with Crippen molar-refractivity contribution in [1.29, 1.82) is 0 Å². The van der Waals surface area contributed by atoms with Crippen molar-refractivity contribution < 1.29 is 0 Å². The Labute approximate surface area is 127 Å². The van der Waals surface area contributed by atoms with Crippen LogP contribution in [0.5, 0.6) is 0 Å². The van der Waals surface area contributed by atoms with Gasteiger partial charge in [-0.15, -0.1) is 0 Å². The van der Waals surface area contributed by atoms with Crippen LogP contribution in [-0.2, 0) is 6.42 Å². The monoisotopic (exact) mass is 285 g/mol. The minimum absolute atomic E-state index is 0.988. The summed E-state index contributed by atoms with van der Waals surface area (Å²) in [5.74, 6) is 0.988. The lowest BCUT2D eigenvalue weighted by Gasteiger charge is -2.31. The minimum Gasteiger partial charge on any atom is -0.303 e. The van der Waals surface area contributed by atoms with Crippen LogP contribution in [-0.4, -0.2) is 34.7 Å². The molecule has 0 saturated carbocycles. The van der Waals surface area contributed by atoms with Crippen molar-refractivity contribution in [2.24, 2.45) is 5.92 Å². The highest BCUT2D eigenvalue weighted by Gasteiger charge is 2.18. The molecule has 1 aromatic carbocycles. The van der Waals surface area contributed by atoms with Crippen molar-refractivity contribution in [3.05, 3.63) is 30.0 Å². The zero-order chi connectivity index (χ0) is 14.5. The molecule has 1 N–H and O–H groups in total. The molecule has 1 aliphatic rings. The predicted molar refractivity (Wildman–Crippen MR) is 88.5 cm³/mol. The van der Waals surface area contributed by atoms with E-state index in [1.807, 2.05) is 0 Å². The molecule has 1 fully saturated rings. The molecule has 3 rings (SSSR count). The lowest BCUT2D eigenvalue weighted by molar-refractivity contribution is 0.177. The highest BCUT2D eigenvalue weighted by Crippen LogP contribution is 2.22. The molecule has 0 radical (unpaired) electrons. The van der Waals surface area contributed by atoms with Gasteiger partial charge in [-0.25, -0.2) is 0 Å². The number of aromatic amines is 1. The zero-order valence-electron chi connectivity index (χ0n) is 13.1. The third kappa shape index (κ3) is 3.65. The molecular formula is C18H27N3. The molecule has 3 nitrogen and oxygen atoms in total. The number of piperidine rings is 1. The fourth-order valence-electron chi connectivity index (χ4n) is 3.59. The van der Waals surface area contributed by atoms with E-state index < -0.39 is 0 Å². The Balaban J connectivity index is 1.44. The van der Waals surface area contributed by atoms with Crippen LogP contribution in [0.4, 0.5) is 0 Å². The van der Waals surface area contributed by atoms with Gasteiger partial charge in [0.1, 0.15) is 0 Å². The van der Waals surface area contributed by atoms with Gasteiger partial charge >= 0.3 is 0 Å². The van der Waals surface area contributed by atoms with Gasteiger partial charge in [-0.1, -0.05) is 38.0 Å². The normalized spacial score (nSPS) is 17.6. The van der Waals surface area contributed by atoms with E-state index in [0.717, 1.165) is 17.9 Å². The first-order chi connectivity index (χ1) is 10.4. The lowest BCUT2D eigenvalue weighted by Crippen LogP contribution is -2.34. The van der Waals surface area contributed by atoms with Gasteiger partial charge in [-0.3, -0.25) is 5.10 Å². The van der Waals surface area contributed by atoms with Gasteiger partial charge in [-0.05, 0) is 57.3 Å². The molecule has 0 amide bonds. The van der Waals surface area contributed by atoms with Gasteiger partial charge in [0.25, 0.3) is 0 Å². The van der Waals surface area contributed by atoms with Crippen molar-refractivity contribution in [3.8, 4) is 0 Å². The highest BCUT2D eigenvalue weighted by molar-refractivity contribution is 5.81. The molecule has 0 bridgehead atoms. The Bertz CT molecular complexity index is 552. The molecule has 114 valence electrons. The summed E-state index contributed by atoms with van der Waals surface area (Å²) < 4.78 is 0. The molecule has 1 aliphatic heterocycles. The number of aromatic nitrogens is 2. The zero-order valence-corrected chi connectivity index (χ0v) is 13.1. The number of nitrogens with one attached hydrogen (secondary N) is 1. The first-order valence-electron chi connectivity index (χ1n) is 8.51. The fourth-order valence-corrected chi connectivity index (χ4v) is 3.59. The number of para-hydroxylation sites is 1. The van der Waals surface area contributed by atoms with Gasteiger partial charge in [0.05, 0.1) is 11.2 Å². The smallest absolute Gasteiger partial charge is 0.0701 e. The predicted octanol–water partition coefficient (Wildman–Crippen LogP) is 4.01. The van der Waals surface area contributed by atoms with Gasteiger partial charge in [0.2, 0.25) is 0 Å². The van der Waals surface area contributed by atoms with Crippen LogP contribution in [0.1, 0.15) is 44.7 Å². The molecule has 0 spiro atoms. The highest BCUT2D eigenvalue weighted by atomic mass is 15.1. The third-order valence-corrected chi connectivity index (χ3v) is 4.84. The average molecular weight is 285 g/mol. The van der Waals surface area contributed by atoms with Crippen molar-refractivity contribution in [2.45, 2.75) is 45.4 Å². The topological polar surface area (TPSA) is 31.9 Å². The molecule has 0 aliphatic carbocycles. The second-order valence-corrected chi connectivity index (χ2v) is 6.39. The Morgan fingerprint density at radius 2 is 2.05 bits per heavy atom. The number of benzene rings is 1. The van der Waals surface area contributed by atoms with E-state index in [9.17, 15) is 0 Å². The largest absolute Gasteiger partial charge is 0.303 e. The van der Waals surface area contributed by atoms with Crippen molar-refractivity contribution in [2.75, 3.05) is 19.6 Å². The molecule has 2 aromatic rings. The Hall–Kier alpha value is -1.35. The number of nitrogens with zero attached hydrogens (tertiary/aromatic N) is 2. The fraction of sp³-hybridized carbons (Fsp3) is 0.611. The first kappa shape index (κ1) is 14.6. The van der Waals surface area contributed by atoms with Crippen molar-refractivity contribution in [1.82, 2.24) is 15.1 Å². The summed E-state index contributed by atoms with van der Waals surface area (Å²) in [7, 11) is 0. The van der Waals surface area contributed by atoms with E-state index in [1.165, 1.54) is 62.8 Å². The Morgan fingerprint density at radius 3 is 2.86 bits per heavy atom. The number of likely N-dealkylation sites (tertiary alicyclic amines) is 1. The van der Waals surface area contributed by atoms with Crippen LogP contribution in [0.3, 0.4) is 0 Å². The SMILES string of the molecule is CCCC1CCN(CCCc2n[nH]c3ccccc23)CC1. The van der Waals surface area contributed by atoms with E-state index in [0.29, 0.717) is 0 Å². The van der Waals surface area contributed by atoms with E-state index in [2.05, 4.69) is 46.3 Å². The maximum absolute atomic E-state index is 4.47. The number of aryl methyl sites for hydroxylation is 1. The van der Waals surface area contributed by atoms with Crippen molar-refractivity contribution >= 4 is 10.9 Å². The van der Waals surface area contributed by atoms with Gasteiger partial charge in [-0.2, -0.15) is 5.10 Å². The lowest BCUT2D eigenvalue weighted by atomic mass is 9.92. The maximum Gasteiger partial charge on any atom is 0.0701 e. The summed E-state index contributed by atoms with van der Waals surface area (Å²) in [6.07, 6.45) is 7.87. The molecule has 2 heterocycles. The number of fused-ring (bicyclic) bond motifs is 1. The number of H-pyrrole nitrogens is 1. The standard InChI is InChI=1S/C18H27N3/c1-2-6-15-10-13-21(14-11-15)12-5-9-18-16-7-3-4-8-17(16)19-20-18/h3-4,7-8,15H,2,5-6,9-14H2,1H3,(H,19,20). The number of hydrogen-bond donors (Lipinski definition) is 1. The van der Waals surface area contributed by atoms with E-state index in [1.54, 1.807) is 0 Å². The summed E-state index contributed by atoms with van der Waals surface area (Å²) in [6.45, 7) is 6.12. The van der Waals surface area contributed by atoms with Crippen LogP contribution in [0.25, 0.3) is 10.9 Å². The molecular weight excluding hydrogens is 258 g/mol. The third-order valence-electron chi connectivity index (χ3n) is 4.84. The molecule has 3 heteroatoms. The summed E-state index contributed by atoms with van der Waals surface area (Å²) in [5, 5.41) is 8.89. The van der Waals surface area contributed by atoms with Gasteiger partial charge in [0.15, 0.2) is 0 Å². The van der Waals surface area contributed by atoms with E-state index in [4.69, 9.17) is 0 Å². The van der Waals surface area contributed by atoms with E-state index >= 15 is 0 Å². The summed E-state index contributed by atoms with van der Waals surface area (Å²) in [5.41, 5.74) is 2.39. The number of rotatable bonds is 6. The Kier molecular flexibility index (Phi) is 4.91. The second-order valence-electron chi connectivity index (χ2n) is 6.39.